The van der Waals surface area contributed by atoms with Crippen molar-refractivity contribution in [2.45, 2.75) is 6.92 Å². The molecular weight excluding hydrogens is 244 g/mol. The fourth-order valence-electron chi connectivity index (χ4n) is 1.01. The molecule has 0 saturated carbocycles. The Kier molecular flexibility index (Phi) is 4.22. The molecule has 92 valence electrons. The van der Waals surface area contributed by atoms with E-state index in [1.54, 1.807) is 6.07 Å². The molecule has 0 bridgehead atoms. The molecule has 0 radical (unpaired) electrons. The summed E-state index contributed by atoms with van der Waals surface area (Å²) in [4.78, 5) is 14.1. The molecule has 0 saturated heterocycles. The van der Waals surface area contributed by atoms with Gasteiger partial charge in [-0.1, -0.05) is 0 Å². The summed E-state index contributed by atoms with van der Waals surface area (Å²) in [7, 11) is -3.37. The van der Waals surface area contributed by atoms with Crippen LogP contribution in [-0.4, -0.2) is 30.2 Å². The van der Waals surface area contributed by atoms with Crippen molar-refractivity contribution in [1.29, 1.82) is 0 Å². The van der Waals surface area contributed by atoms with Crippen molar-refractivity contribution in [2.24, 2.45) is 0 Å². The standard InChI is InChI=1S/C10H12N2O4S/c1-2-17(15,16)12-9-7-8(5-6-11-9)3-4-10(13)14/h3-7H,2H2,1H3,(H,11,12)(H,13,14)/b4-3+. The molecule has 0 aliphatic carbocycles. The second kappa shape index (κ2) is 5.44. The largest absolute Gasteiger partial charge is 0.478 e. The third-order valence-corrected chi connectivity index (χ3v) is 3.12. The van der Waals surface area contributed by atoms with Crippen molar-refractivity contribution in [1.82, 2.24) is 4.98 Å². The Balaban J connectivity index is 2.90. The number of carboxylic acid groups (broad SMARTS) is 1. The van der Waals surface area contributed by atoms with Gasteiger partial charge < -0.3 is 5.11 Å². The molecule has 0 fully saturated rings. The summed E-state index contributed by atoms with van der Waals surface area (Å²) in [5.41, 5.74) is 0.552. The topological polar surface area (TPSA) is 96.4 Å². The molecule has 0 aliphatic heterocycles. The quantitative estimate of drug-likeness (QED) is 0.764. The molecule has 0 atom stereocenters. The number of rotatable bonds is 5. The fraction of sp³-hybridized carbons (Fsp3) is 0.200. The molecule has 1 heterocycles. The lowest BCUT2D eigenvalue weighted by atomic mass is 10.2. The summed E-state index contributed by atoms with van der Waals surface area (Å²) in [6, 6.07) is 3.02. The van der Waals surface area contributed by atoms with Gasteiger partial charge in [0.05, 0.1) is 5.75 Å². The Bertz CT molecular complexity index is 537. The molecule has 2 N–H and O–H groups in total. The van der Waals surface area contributed by atoms with Crippen LogP contribution in [0.15, 0.2) is 24.4 Å². The number of carbonyl (C=O) groups is 1. The highest BCUT2D eigenvalue weighted by atomic mass is 32.2. The van der Waals surface area contributed by atoms with Crippen LogP contribution in [0.25, 0.3) is 6.08 Å². The fourth-order valence-corrected chi connectivity index (χ4v) is 1.58. The first kappa shape index (κ1) is 13.2. The van der Waals surface area contributed by atoms with E-state index in [0.717, 1.165) is 6.08 Å². The third-order valence-electron chi connectivity index (χ3n) is 1.84. The van der Waals surface area contributed by atoms with Gasteiger partial charge in [0, 0.05) is 12.3 Å². The van der Waals surface area contributed by atoms with Crippen molar-refractivity contribution in [2.75, 3.05) is 10.5 Å². The van der Waals surface area contributed by atoms with Gasteiger partial charge in [0.25, 0.3) is 0 Å². The van der Waals surface area contributed by atoms with Crippen LogP contribution in [0.5, 0.6) is 0 Å². The lowest BCUT2D eigenvalue weighted by molar-refractivity contribution is -0.131. The minimum absolute atomic E-state index is 0.0517. The second-order valence-corrected chi connectivity index (χ2v) is 5.16. The van der Waals surface area contributed by atoms with Crippen molar-refractivity contribution in [3.05, 3.63) is 30.0 Å². The maximum atomic E-state index is 11.3. The first-order valence-electron chi connectivity index (χ1n) is 4.80. The van der Waals surface area contributed by atoms with E-state index in [4.69, 9.17) is 5.11 Å². The molecule has 1 aromatic rings. The molecule has 0 aliphatic rings. The van der Waals surface area contributed by atoms with E-state index in [1.807, 2.05) is 0 Å². The van der Waals surface area contributed by atoms with Gasteiger partial charge in [-0.05, 0) is 30.7 Å². The van der Waals surface area contributed by atoms with Gasteiger partial charge in [-0.15, -0.1) is 0 Å². The minimum Gasteiger partial charge on any atom is -0.478 e. The number of aromatic nitrogens is 1. The monoisotopic (exact) mass is 256 g/mol. The van der Waals surface area contributed by atoms with E-state index in [2.05, 4.69) is 9.71 Å². The van der Waals surface area contributed by atoms with Gasteiger partial charge in [-0.2, -0.15) is 0 Å². The van der Waals surface area contributed by atoms with Crippen LogP contribution in [0.4, 0.5) is 5.82 Å². The van der Waals surface area contributed by atoms with Crippen LogP contribution in [0.2, 0.25) is 0 Å². The summed E-state index contributed by atoms with van der Waals surface area (Å²) >= 11 is 0. The number of pyridine rings is 1. The molecule has 0 spiro atoms. The third kappa shape index (κ3) is 4.64. The van der Waals surface area contributed by atoms with E-state index >= 15 is 0 Å². The molecule has 0 aromatic carbocycles. The van der Waals surface area contributed by atoms with Crippen LogP contribution < -0.4 is 4.72 Å². The lowest BCUT2D eigenvalue weighted by Crippen LogP contribution is -2.15. The van der Waals surface area contributed by atoms with Crippen LogP contribution in [-0.2, 0) is 14.8 Å². The van der Waals surface area contributed by atoms with E-state index < -0.39 is 16.0 Å². The normalized spacial score (nSPS) is 11.6. The number of hydrogen-bond donors (Lipinski definition) is 2. The van der Waals surface area contributed by atoms with Gasteiger partial charge in [0.15, 0.2) is 0 Å². The predicted molar refractivity (Wildman–Crippen MR) is 64.0 cm³/mol. The van der Waals surface area contributed by atoms with Crippen LogP contribution in [0, 0.1) is 0 Å². The van der Waals surface area contributed by atoms with Gasteiger partial charge in [0.1, 0.15) is 5.82 Å². The summed E-state index contributed by atoms with van der Waals surface area (Å²) in [6.45, 7) is 1.51. The van der Waals surface area contributed by atoms with Crippen LogP contribution >= 0.6 is 0 Å². The number of nitrogens with zero attached hydrogens (tertiary/aromatic N) is 1. The number of hydrogen-bond acceptors (Lipinski definition) is 4. The lowest BCUT2D eigenvalue weighted by Gasteiger charge is -2.04. The van der Waals surface area contributed by atoms with Crippen LogP contribution in [0.3, 0.4) is 0 Å². The molecule has 0 unspecified atom stereocenters. The maximum absolute atomic E-state index is 11.3. The van der Waals surface area contributed by atoms with Crippen molar-refractivity contribution in [3.63, 3.8) is 0 Å². The summed E-state index contributed by atoms with van der Waals surface area (Å²) in [5.74, 6) is -0.957. The first-order chi connectivity index (χ1) is 7.93. The number of nitrogens with one attached hydrogen (secondary N) is 1. The average Bonchev–Trinajstić information content (AvgIpc) is 2.26. The number of carboxylic acids is 1. The van der Waals surface area contributed by atoms with Gasteiger partial charge in [-0.3, -0.25) is 4.72 Å². The first-order valence-corrected chi connectivity index (χ1v) is 6.46. The Hall–Kier alpha value is -1.89. The zero-order valence-corrected chi connectivity index (χ0v) is 9.94. The van der Waals surface area contributed by atoms with Gasteiger partial charge in [0.2, 0.25) is 10.0 Å². The number of anilines is 1. The van der Waals surface area contributed by atoms with E-state index in [-0.39, 0.29) is 11.6 Å². The average molecular weight is 256 g/mol. The molecule has 17 heavy (non-hydrogen) atoms. The maximum Gasteiger partial charge on any atom is 0.328 e. The number of aliphatic carboxylic acids is 1. The zero-order chi connectivity index (χ0) is 12.9. The number of sulfonamides is 1. The highest BCUT2D eigenvalue weighted by molar-refractivity contribution is 7.92. The summed E-state index contributed by atoms with van der Waals surface area (Å²) in [5, 5.41) is 8.45. The predicted octanol–water partition coefficient (Wildman–Crippen LogP) is 0.941. The zero-order valence-electron chi connectivity index (χ0n) is 9.12. The Morgan fingerprint density at radius 3 is 2.88 bits per heavy atom. The van der Waals surface area contributed by atoms with E-state index in [9.17, 15) is 13.2 Å². The Morgan fingerprint density at radius 2 is 2.29 bits per heavy atom. The molecule has 1 aromatic heterocycles. The Morgan fingerprint density at radius 1 is 1.59 bits per heavy atom. The summed E-state index contributed by atoms with van der Waals surface area (Å²) < 4.78 is 24.8. The second-order valence-electron chi connectivity index (χ2n) is 3.15. The van der Waals surface area contributed by atoms with Crippen LogP contribution in [0.1, 0.15) is 12.5 Å². The van der Waals surface area contributed by atoms with Crippen molar-refractivity contribution < 1.29 is 18.3 Å². The Labute approximate surface area is 99.1 Å². The van der Waals surface area contributed by atoms with Crippen molar-refractivity contribution >= 4 is 27.9 Å². The highest BCUT2D eigenvalue weighted by Crippen LogP contribution is 2.10. The molecule has 0 amide bonds. The van der Waals surface area contributed by atoms with E-state index in [1.165, 1.54) is 25.3 Å². The summed E-state index contributed by atoms with van der Waals surface area (Å²) in [6.07, 6.45) is 3.72. The van der Waals surface area contributed by atoms with E-state index in [0.29, 0.717) is 5.56 Å². The SMILES string of the molecule is CCS(=O)(=O)Nc1cc(/C=C/C(=O)O)ccn1. The molecule has 1 rings (SSSR count). The van der Waals surface area contributed by atoms with Gasteiger partial charge in [-0.25, -0.2) is 18.2 Å². The van der Waals surface area contributed by atoms with Crippen molar-refractivity contribution in [3.8, 4) is 0 Å². The molecule has 7 heteroatoms. The minimum atomic E-state index is -3.37. The smallest absolute Gasteiger partial charge is 0.328 e. The highest BCUT2D eigenvalue weighted by Gasteiger charge is 2.07. The van der Waals surface area contributed by atoms with Gasteiger partial charge >= 0.3 is 5.97 Å². The molecular formula is C10H12N2O4S. The molecule has 6 nitrogen and oxygen atoms in total.